The van der Waals surface area contributed by atoms with Crippen molar-refractivity contribution in [1.82, 2.24) is 9.55 Å². The van der Waals surface area contributed by atoms with Gasteiger partial charge in [-0.05, 0) is 35.9 Å². The predicted molar refractivity (Wildman–Crippen MR) is 115 cm³/mol. The minimum atomic E-state index is -0.450. The van der Waals surface area contributed by atoms with Crippen molar-refractivity contribution in [1.29, 1.82) is 0 Å². The summed E-state index contributed by atoms with van der Waals surface area (Å²) < 4.78 is 7.84. The highest BCUT2D eigenvalue weighted by Gasteiger charge is 2.19. The molecule has 4 aromatic rings. The molecule has 0 bridgehead atoms. The van der Waals surface area contributed by atoms with Crippen LogP contribution in [0.4, 0.5) is 10.8 Å². The number of carbonyl (C=O) groups excluding carboxylic acids is 1. The molecule has 0 aliphatic carbocycles. The lowest BCUT2D eigenvalue weighted by Gasteiger charge is -2.19. The third-order valence-electron chi connectivity index (χ3n) is 4.70. The predicted octanol–water partition coefficient (Wildman–Crippen LogP) is 4.63. The third kappa shape index (κ3) is 4.15. The number of methoxy groups -OCH3 is 1. The molecule has 8 nitrogen and oxygen atoms in total. The first kappa shape index (κ1) is 19.6. The van der Waals surface area contributed by atoms with Gasteiger partial charge in [0, 0.05) is 24.5 Å². The van der Waals surface area contributed by atoms with E-state index in [0.29, 0.717) is 15.3 Å². The van der Waals surface area contributed by atoms with Gasteiger partial charge in [-0.3, -0.25) is 14.9 Å². The van der Waals surface area contributed by atoms with Crippen LogP contribution >= 0.6 is 11.3 Å². The van der Waals surface area contributed by atoms with Crippen LogP contribution in [0, 0.1) is 10.1 Å². The summed E-state index contributed by atoms with van der Waals surface area (Å²) in [5, 5.41) is 14.2. The Labute approximate surface area is 175 Å². The number of nitrogens with zero attached hydrogens (tertiary/aromatic N) is 3. The Bertz CT molecular complexity index is 1190. The number of fused-ring (bicyclic) bond motifs is 1. The summed E-state index contributed by atoms with van der Waals surface area (Å²) in [6, 6.07) is 15.7. The van der Waals surface area contributed by atoms with Crippen LogP contribution in [0.15, 0.2) is 67.0 Å². The van der Waals surface area contributed by atoms with Crippen LogP contribution in [-0.4, -0.2) is 27.5 Å². The van der Waals surface area contributed by atoms with Crippen LogP contribution in [0.1, 0.15) is 18.0 Å². The Balaban J connectivity index is 1.54. The van der Waals surface area contributed by atoms with Gasteiger partial charge in [0.25, 0.3) is 5.69 Å². The molecule has 4 rings (SSSR count). The van der Waals surface area contributed by atoms with Gasteiger partial charge in [0.05, 0.1) is 34.7 Å². The lowest BCUT2D eigenvalue weighted by atomic mass is 10.0. The molecule has 1 unspecified atom stereocenters. The lowest BCUT2D eigenvalue weighted by Crippen LogP contribution is -2.19. The number of hydrogen-bond donors (Lipinski definition) is 1. The van der Waals surface area contributed by atoms with E-state index in [9.17, 15) is 14.9 Å². The first-order valence-corrected chi connectivity index (χ1v) is 9.96. The van der Waals surface area contributed by atoms with Gasteiger partial charge >= 0.3 is 0 Å². The molecule has 2 heterocycles. The molecule has 1 amide bonds. The summed E-state index contributed by atoms with van der Waals surface area (Å²) in [5.74, 6) is 0.552. The zero-order chi connectivity index (χ0) is 21.1. The number of rotatable bonds is 7. The van der Waals surface area contributed by atoms with E-state index in [4.69, 9.17) is 4.74 Å². The monoisotopic (exact) mass is 422 g/mol. The molecule has 0 aliphatic rings. The highest BCUT2D eigenvalue weighted by Crippen LogP contribution is 2.30. The highest BCUT2D eigenvalue weighted by atomic mass is 32.1. The smallest absolute Gasteiger partial charge is 0.270 e. The summed E-state index contributed by atoms with van der Waals surface area (Å²) >= 11 is 1.21. The summed E-state index contributed by atoms with van der Waals surface area (Å²) in [5.41, 5.74) is 1.58. The molecule has 2 aromatic carbocycles. The second-order valence-corrected chi connectivity index (χ2v) is 7.63. The number of hydrogen-bond acceptors (Lipinski definition) is 6. The van der Waals surface area contributed by atoms with E-state index >= 15 is 0 Å². The quantitative estimate of drug-likeness (QED) is 0.346. The molecular weight excluding hydrogens is 404 g/mol. The van der Waals surface area contributed by atoms with Crippen molar-refractivity contribution in [2.24, 2.45) is 0 Å². The maximum atomic E-state index is 12.8. The zero-order valence-corrected chi connectivity index (χ0v) is 16.8. The molecule has 0 aliphatic heterocycles. The average molecular weight is 422 g/mol. The number of anilines is 1. The van der Waals surface area contributed by atoms with E-state index in [1.165, 1.54) is 23.5 Å². The molecule has 0 radical (unpaired) electrons. The molecule has 0 saturated heterocycles. The van der Waals surface area contributed by atoms with Gasteiger partial charge in [-0.25, -0.2) is 4.98 Å². The van der Waals surface area contributed by atoms with Crippen LogP contribution in [0.3, 0.4) is 0 Å². The molecule has 1 N–H and O–H groups in total. The van der Waals surface area contributed by atoms with Crippen molar-refractivity contribution in [3.8, 4) is 5.75 Å². The number of nitro benzene ring substituents is 1. The van der Waals surface area contributed by atoms with Gasteiger partial charge in [0.2, 0.25) is 5.91 Å². The number of ether oxygens (including phenoxy) is 1. The van der Waals surface area contributed by atoms with Crippen LogP contribution in [0.5, 0.6) is 5.75 Å². The Morgan fingerprint density at radius 2 is 1.97 bits per heavy atom. The molecule has 30 heavy (non-hydrogen) atoms. The standard InChI is InChI=1S/C21H18N4O4S/c1-29-16-7-4-14(5-8-16)18(24-10-2-3-11-24)13-20(26)23-21-22-17-9-6-15(25(27)28)12-19(17)30-21/h2-12,18H,13H2,1H3,(H,22,23,26). The Morgan fingerprint density at radius 3 is 2.63 bits per heavy atom. The van der Waals surface area contributed by atoms with Gasteiger partial charge in [0.15, 0.2) is 5.13 Å². The topological polar surface area (TPSA) is 99.3 Å². The fourth-order valence-corrected chi connectivity index (χ4v) is 4.12. The average Bonchev–Trinajstić information content (AvgIpc) is 3.41. The number of thiazole rings is 1. The van der Waals surface area contributed by atoms with Crippen molar-refractivity contribution in [3.63, 3.8) is 0 Å². The summed E-state index contributed by atoms with van der Waals surface area (Å²) in [6.07, 6.45) is 4.04. The van der Waals surface area contributed by atoms with Gasteiger partial charge in [-0.2, -0.15) is 0 Å². The van der Waals surface area contributed by atoms with E-state index in [2.05, 4.69) is 10.3 Å². The fourth-order valence-electron chi connectivity index (χ4n) is 3.20. The van der Waals surface area contributed by atoms with Crippen LogP contribution < -0.4 is 10.1 Å². The first-order valence-electron chi connectivity index (χ1n) is 9.15. The molecule has 0 fully saturated rings. The number of aromatic nitrogens is 2. The number of amides is 1. The molecule has 0 saturated carbocycles. The maximum absolute atomic E-state index is 12.8. The van der Waals surface area contributed by atoms with Crippen LogP contribution in [0.25, 0.3) is 10.2 Å². The second kappa shape index (κ2) is 8.34. The first-order chi connectivity index (χ1) is 14.5. The number of nitro groups is 1. The Kier molecular flexibility index (Phi) is 5.44. The largest absolute Gasteiger partial charge is 0.497 e. The Morgan fingerprint density at radius 1 is 1.23 bits per heavy atom. The minimum Gasteiger partial charge on any atom is -0.497 e. The highest BCUT2D eigenvalue weighted by molar-refractivity contribution is 7.22. The van der Waals surface area contributed by atoms with Crippen molar-refractivity contribution in [2.45, 2.75) is 12.5 Å². The zero-order valence-electron chi connectivity index (χ0n) is 16.0. The summed E-state index contributed by atoms with van der Waals surface area (Å²) in [4.78, 5) is 27.6. The molecule has 0 spiro atoms. The van der Waals surface area contributed by atoms with E-state index in [1.54, 1.807) is 13.2 Å². The lowest BCUT2D eigenvalue weighted by molar-refractivity contribution is -0.384. The minimum absolute atomic E-state index is 0.00351. The third-order valence-corrected chi connectivity index (χ3v) is 5.63. The number of non-ortho nitro benzene ring substituents is 1. The summed E-state index contributed by atoms with van der Waals surface area (Å²) in [7, 11) is 1.61. The van der Waals surface area contributed by atoms with Crippen molar-refractivity contribution < 1.29 is 14.5 Å². The van der Waals surface area contributed by atoms with Gasteiger partial charge < -0.3 is 14.6 Å². The maximum Gasteiger partial charge on any atom is 0.270 e. The number of carbonyl (C=O) groups is 1. The van der Waals surface area contributed by atoms with E-state index in [0.717, 1.165) is 11.3 Å². The molecule has 152 valence electrons. The number of benzene rings is 2. The van der Waals surface area contributed by atoms with Gasteiger partial charge in [-0.1, -0.05) is 23.5 Å². The summed E-state index contributed by atoms with van der Waals surface area (Å²) in [6.45, 7) is 0. The van der Waals surface area contributed by atoms with Crippen molar-refractivity contribution >= 4 is 38.3 Å². The van der Waals surface area contributed by atoms with E-state index in [-0.39, 0.29) is 24.1 Å². The number of nitrogens with one attached hydrogen (secondary N) is 1. The molecule has 2 aromatic heterocycles. The molecular formula is C21H18N4O4S. The van der Waals surface area contributed by atoms with Crippen LogP contribution in [-0.2, 0) is 4.79 Å². The van der Waals surface area contributed by atoms with E-state index < -0.39 is 4.92 Å². The van der Waals surface area contributed by atoms with E-state index in [1.807, 2.05) is 53.4 Å². The van der Waals surface area contributed by atoms with Gasteiger partial charge in [0.1, 0.15) is 5.75 Å². The molecule has 9 heteroatoms. The normalized spacial score (nSPS) is 11.9. The Hall–Kier alpha value is -3.72. The fraction of sp³-hybridized carbons (Fsp3) is 0.143. The van der Waals surface area contributed by atoms with Crippen LogP contribution in [0.2, 0.25) is 0 Å². The second-order valence-electron chi connectivity index (χ2n) is 6.60. The molecule has 1 atom stereocenters. The van der Waals surface area contributed by atoms with Crippen molar-refractivity contribution in [2.75, 3.05) is 12.4 Å². The SMILES string of the molecule is COc1ccc(C(CC(=O)Nc2nc3ccc([N+](=O)[O-])cc3s2)n2cccc2)cc1. The van der Waals surface area contributed by atoms with Crippen molar-refractivity contribution in [3.05, 3.63) is 82.7 Å². The van der Waals surface area contributed by atoms with Gasteiger partial charge in [-0.15, -0.1) is 0 Å².